The second-order valence-electron chi connectivity index (χ2n) is 9.83. The van der Waals surface area contributed by atoms with Gasteiger partial charge in [0.15, 0.2) is 9.84 Å². The molecular weight excluding hydrogens is 468 g/mol. The molecule has 4 rings (SSSR count). The van der Waals surface area contributed by atoms with Gasteiger partial charge in [0, 0.05) is 38.4 Å². The number of carbonyl (C=O) groups is 1. The molecule has 5 nitrogen and oxygen atoms in total. The summed E-state index contributed by atoms with van der Waals surface area (Å²) in [4.78, 5) is 17.6. The van der Waals surface area contributed by atoms with Gasteiger partial charge in [-0.15, -0.1) is 0 Å². The zero-order valence-corrected chi connectivity index (χ0v) is 22.0. The zero-order chi connectivity index (χ0) is 25.5. The van der Waals surface area contributed by atoms with Crippen LogP contribution >= 0.6 is 0 Å². The Morgan fingerprint density at radius 1 is 0.889 bits per heavy atom. The van der Waals surface area contributed by atoms with E-state index in [1.54, 1.807) is 24.3 Å². The van der Waals surface area contributed by atoms with Gasteiger partial charge in [-0.3, -0.25) is 4.79 Å². The lowest BCUT2D eigenvalue weighted by atomic mass is 9.88. The van der Waals surface area contributed by atoms with Crippen LogP contribution in [-0.2, 0) is 21.1 Å². The molecule has 190 valence electrons. The predicted octanol–water partition coefficient (Wildman–Crippen LogP) is 4.78. The van der Waals surface area contributed by atoms with E-state index in [-0.39, 0.29) is 23.3 Å². The maximum atomic E-state index is 12.9. The van der Waals surface area contributed by atoms with E-state index >= 15 is 0 Å². The lowest BCUT2D eigenvalue weighted by Crippen LogP contribution is -2.46. The molecule has 0 saturated carbocycles. The molecule has 1 aliphatic rings. The first-order valence-electron chi connectivity index (χ1n) is 12.7. The minimum absolute atomic E-state index is 0.0776. The summed E-state index contributed by atoms with van der Waals surface area (Å²) in [6.07, 6.45) is 4.48. The second kappa shape index (κ2) is 11.8. The largest absolute Gasteiger partial charge is 0.342 e. The highest BCUT2D eigenvalue weighted by Gasteiger charge is 2.26. The number of carbonyl (C=O) groups excluding carboxylic acids is 1. The molecule has 0 spiro atoms. The quantitative estimate of drug-likeness (QED) is 0.421. The van der Waals surface area contributed by atoms with Crippen molar-refractivity contribution in [1.29, 1.82) is 0 Å². The van der Waals surface area contributed by atoms with Crippen molar-refractivity contribution in [2.75, 3.05) is 32.9 Å². The van der Waals surface area contributed by atoms with Crippen molar-refractivity contribution in [3.05, 3.63) is 102 Å². The summed E-state index contributed by atoms with van der Waals surface area (Å²) in [5.74, 6) is 0.456. The van der Waals surface area contributed by atoms with Gasteiger partial charge in [0.25, 0.3) is 0 Å². The van der Waals surface area contributed by atoms with E-state index in [4.69, 9.17) is 0 Å². The second-order valence-corrected chi connectivity index (χ2v) is 11.8. The summed E-state index contributed by atoms with van der Waals surface area (Å²) in [5, 5.41) is 0. The molecule has 3 aromatic carbocycles. The number of sulfone groups is 1. The average molecular weight is 505 g/mol. The SMILES string of the molecule is CN(C(=O)Cc1ccc(S(C)(=O)=O)cc1)C1CCN(CCC(c2ccccc2)c2ccccc2)CC1. The van der Waals surface area contributed by atoms with Crippen molar-refractivity contribution in [2.45, 2.75) is 42.5 Å². The summed E-state index contributed by atoms with van der Waals surface area (Å²) in [7, 11) is -1.33. The molecule has 3 aromatic rings. The van der Waals surface area contributed by atoms with Crippen molar-refractivity contribution in [3.8, 4) is 0 Å². The topological polar surface area (TPSA) is 57.7 Å². The standard InChI is InChI=1S/C30H36N2O3S/c1-31(30(33)23-24-13-15-28(16-14-24)36(2,34)35)27-17-20-32(21-18-27)22-19-29(25-9-5-3-6-10-25)26-11-7-4-8-12-26/h3-16,27,29H,17-23H2,1-2H3. The molecule has 0 radical (unpaired) electrons. The highest BCUT2D eigenvalue weighted by molar-refractivity contribution is 7.90. The molecular formula is C30H36N2O3S. The van der Waals surface area contributed by atoms with E-state index in [1.807, 2.05) is 11.9 Å². The van der Waals surface area contributed by atoms with Crippen LogP contribution in [0.2, 0.25) is 0 Å². The van der Waals surface area contributed by atoms with E-state index < -0.39 is 9.84 Å². The van der Waals surface area contributed by atoms with Crippen LogP contribution in [-0.4, -0.2) is 63.1 Å². The van der Waals surface area contributed by atoms with E-state index in [1.165, 1.54) is 17.4 Å². The van der Waals surface area contributed by atoms with Crippen LogP contribution in [0.3, 0.4) is 0 Å². The summed E-state index contributed by atoms with van der Waals surface area (Å²) in [6, 6.07) is 28.3. The van der Waals surface area contributed by atoms with E-state index in [9.17, 15) is 13.2 Å². The van der Waals surface area contributed by atoms with Crippen molar-refractivity contribution >= 4 is 15.7 Å². The van der Waals surface area contributed by atoms with Crippen LogP contribution in [0.1, 0.15) is 41.9 Å². The highest BCUT2D eigenvalue weighted by atomic mass is 32.2. The van der Waals surface area contributed by atoms with Gasteiger partial charge in [-0.2, -0.15) is 0 Å². The monoisotopic (exact) mass is 504 g/mol. The Hall–Kier alpha value is -2.96. The van der Waals surface area contributed by atoms with Crippen molar-refractivity contribution in [1.82, 2.24) is 9.80 Å². The number of hydrogen-bond acceptors (Lipinski definition) is 4. The Bertz CT molecular complexity index is 1180. The van der Waals surface area contributed by atoms with E-state index in [0.29, 0.717) is 5.92 Å². The van der Waals surface area contributed by atoms with Gasteiger partial charge in [-0.1, -0.05) is 72.8 Å². The number of hydrogen-bond donors (Lipinski definition) is 0. The molecule has 0 aromatic heterocycles. The number of amides is 1. The molecule has 1 amide bonds. The fraction of sp³-hybridized carbons (Fsp3) is 0.367. The van der Waals surface area contributed by atoms with Gasteiger partial charge >= 0.3 is 0 Å². The van der Waals surface area contributed by atoms with E-state index in [2.05, 4.69) is 65.6 Å². The molecule has 0 bridgehead atoms. The maximum absolute atomic E-state index is 12.9. The smallest absolute Gasteiger partial charge is 0.226 e. The normalized spacial score (nSPS) is 15.2. The third kappa shape index (κ3) is 6.83. The molecule has 36 heavy (non-hydrogen) atoms. The molecule has 1 heterocycles. The summed E-state index contributed by atoms with van der Waals surface area (Å²) >= 11 is 0. The van der Waals surface area contributed by atoms with Gasteiger partial charge in [0.1, 0.15) is 0 Å². The van der Waals surface area contributed by atoms with Gasteiger partial charge in [-0.05, 0) is 54.6 Å². The van der Waals surface area contributed by atoms with Crippen LogP contribution in [0.25, 0.3) is 0 Å². The van der Waals surface area contributed by atoms with Crippen LogP contribution in [0.4, 0.5) is 0 Å². The van der Waals surface area contributed by atoms with Crippen molar-refractivity contribution in [3.63, 3.8) is 0 Å². The van der Waals surface area contributed by atoms with Gasteiger partial charge in [0.2, 0.25) is 5.91 Å². The number of likely N-dealkylation sites (tertiary alicyclic amines) is 1. The third-order valence-corrected chi connectivity index (χ3v) is 8.47. The highest BCUT2D eigenvalue weighted by Crippen LogP contribution is 2.29. The molecule has 0 N–H and O–H groups in total. The van der Waals surface area contributed by atoms with Crippen LogP contribution < -0.4 is 0 Å². The first kappa shape index (κ1) is 26.1. The van der Waals surface area contributed by atoms with Crippen LogP contribution in [0, 0.1) is 0 Å². The first-order valence-corrected chi connectivity index (χ1v) is 14.6. The Kier molecular flexibility index (Phi) is 8.60. The molecule has 0 aliphatic carbocycles. The number of piperidine rings is 1. The minimum atomic E-state index is -3.23. The summed E-state index contributed by atoms with van der Waals surface area (Å²) < 4.78 is 23.3. The number of likely N-dealkylation sites (N-methyl/N-ethyl adjacent to an activating group) is 1. The lowest BCUT2D eigenvalue weighted by molar-refractivity contribution is -0.132. The predicted molar refractivity (Wildman–Crippen MR) is 145 cm³/mol. The Morgan fingerprint density at radius 3 is 1.92 bits per heavy atom. The fourth-order valence-corrected chi connectivity index (χ4v) is 5.73. The van der Waals surface area contributed by atoms with E-state index in [0.717, 1.165) is 44.5 Å². The fourth-order valence-electron chi connectivity index (χ4n) is 5.10. The Balaban J connectivity index is 1.29. The van der Waals surface area contributed by atoms with Gasteiger partial charge in [-0.25, -0.2) is 8.42 Å². The summed E-state index contributed by atoms with van der Waals surface area (Å²) in [5.41, 5.74) is 3.55. The average Bonchev–Trinajstić information content (AvgIpc) is 2.90. The van der Waals surface area contributed by atoms with Crippen molar-refractivity contribution < 1.29 is 13.2 Å². The summed E-state index contributed by atoms with van der Waals surface area (Å²) in [6.45, 7) is 3.01. The number of rotatable bonds is 9. The maximum Gasteiger partial charge on any atom is 0.226 e. The Morgan fingerprint density at radius 2 is 1.42 bits per heavy atom. The molecule has 1 saturated heterocycles. The number of benzene rings is 3. The molecule has 1 aliphatic heterocycles. The number of nitrogens with zero attached hydrogens (tertiary/aromatic N) is 2. The van der Waals surface area contributed by atoms with Gasteiger partial charge in [0.05, 0.1) is 11.3 Å². The Labute approximate surface area is 215 Å². The lowest BCUT2D eigenvalue weighted by Gasteiger charge is -2.37. The molecule has 0 unspecified atom stereocenters. The third-order valence-electron chi connectivity index (χ3n) is 7.34. The van der Waals surface area contributed by atoms with Gasteiger partial charge < -0.3 is 9.80 Å². The molecule has 1 fully saturated rings. The first-order chi connectivity index (χ1) is 17.3. The molecule has 0 atom stereocenters. The van der Waals surface area contributed by atoms with Crippen LogP contribution in [0.15, 0.2) is 89.8 Å². The molecule has 6 heteroatoms. The zero-order valence-electron chi connectivity index (χ0n) is 21.2. The van der Waals surface area contributed by atoms with Crippen LogP contribution in [0.5, 0.6) is 0 Å². The minimum Gasteiger partial charge on any atom is -0.342 e. The van der Waals surface area contributed by atoms with Crippen molar-refractivity contribution in [2.24, 2.45) is 0 Å².